The monoisotopic (exact) mass is 403 g/mol. The Bertz CT molecular complexity index is 849. The van der Waals surface area contributed by atoms with Crippen molar-refractivity contribution < 1.29 is 8.83 Å². The maximum absolute atomic E-state index is 10.4. The zero-order chi connectivity index (χ0) is 21.4. The number of rotatable bonds is 4. The Hall–Kier alpha value is -2.40. The van der Waals surface area contributed by atoms with Crippen LogP contribution in [0.3, 0.4) is 0 Å². The SMILES string of the molecule is C.CC[C@@H](C)c1ccc(C)o1.CC[C@@H](N)c1ccc(C)o1.Cc1c(C)c(=O)c1=O. The molecule has 1 aromatic carbocycles. The fourth-order valence-corrected chi connectivity index (χ4v) is 2.39. The Labute approximate surface area is 174 Å². The molecular formula is C24H37NO4. The molecule has 2 atom stereocenters. The number of aryl methyl sites for hydroxylation is 2. The lowest BCUT2D eigenvalue weighted by atomic mass is 10.1. The van der Waals surface area contributed by atoms with Crippen LogP contribution in [0.25, 0.3) is 0 Å². The minimum atomic E-state index is -0.317. The quantitative estimate of drug-likeness (QED) is 0.570. The summed E-state index contributed by atoms with van der Waals surface area (Å²) >= 11 is 0. The van der Waals surface area contributed by atoms with Crippen LogP contribution < -0.4 is 16.6 Å². The molecule has 0 aliphatic heterocycles. The summed E-state index contributed by atoms with van der Waals surface area (Å²) in [5.41, 5.74) is 6.32. The average Bonchev–Trinajstić information content (AvgIpc) is 3.34. The normalized spacial score (nSPS) is 12.1. The molecule has 0 fully saturated rings. The van der Waals surface area contributed by atoms with E-state index in [4.69, 9.17) is 14.6 Å². The Morgan fingerprint density at radius 1 is 0.793 bits per heavy atom. The van der Waals surface area contributed by atoms with Crippen LogP contribution in [0.1, 0.15) is 87.2 Å². The second-order valence-corrected chi connectivity index (χ2v) is 7.13. The molecule has 0 radical (unpaired) electrons. The van der Waals surface area contributed by atoms with Gasteiger partial charge in [0.1, 0.15) is 23.0 Å². The molecule has 29 heavy (non-hydrogen) atoms. The molecule has 0 saturated carbocycles. The lowest BCUT2D eigenvalue weighted by Crippen LogP contribution is -2.36. The van der Waals surface area contributed by atoms with E-state index in [1.807, 2.05) is 39.0 Å². The van der Waals surface area contributed by atoms with Crippen molar-refractivity contribution in [2.75, 3.05) is 0 Å². The van der Waals surface area contributed by atoms with Crippen molar-refractivity contribution in [1.29, 1.82) is 0 Å². The third-order valence-electron chi connectivity index (χ3n) is 4.88. The second kappa shape index (κ2) is 12.2. The first-order chi connectivity index (χ1) is 13.1. The van der Waals surface area contributed by atoms with Gasteiger partial charge in [0, 0.05) is 17.0 Å². The first-order valence-corrected chi connectivity index (χ1v) is 9.76. The third kappa shape index (κ3) is 7.50. The molecule has 0 aliphatic carbocycles. The Morgan fingerprint density at radius 3 is 1.48 bits per heavy atom. The molecule has 0 unspecified atom stereocenters. The van der Waals surface area contributed by atoms with Gasteiger partial charge in [0.25, 0.3) is 0 Å². The van der Waals surface area contributed by atoms with Gasteiger partial charge in [-0.3, -0.25) is 9.59 Å². The van der Waals surface area contributed by atoms with Gasteiger partial charge in [-0.1, -0.05) is 28.2 Å². The van der Waals surface area contributed by atoms with Crippen molar-refractivity contribution >= 4 is 0 Å². The van der Waals surface area contributed by atoms with Gasteiger partial charge in [-0.25, -0.2) is 0 Å². The van der Waals surface area contributed by atoms with E-state index in [1.54, 1.807) is 13.8 Å². The summed E-state index contributed by atoms with van der Waals surface area (Å²) in [5.74, 6) is 4.50. The first-order valence-electron chi connectivity index (χ1n) is 9.76. The van der Waals surface area contributed by atoms with Crippen molar-refractivity contribution in [3.05, 3.63) is 78.9 Å². The van der Waals surface area contributed by atoms with Crippen molar-refractivity contribution in [2.45, 2.75) is 80.7 Å². The van der Waals surface area contributed by atoms with E-state index in [0.29, 0.717) is 17.0 Å². The highest BCUT2D eigenvalue weighted by Crippen LogP contribution is 2.20. The van der Waals surface area contributed by atoms with Crippen LogP contribution in [-0.2, 0) is 0 Å². The summed E-state index contributed by atoms with van der Waals surface area (Å²) < 4.78 is 10.7. The minimum Gasteiger partial charge on any atom is -0.466 e. The highest BCUT2D eigenvalue weighted by Gasteiger charge is 2.10. The zero-order valence-electron chi connectivity index (χ0n) is 18.1. The summed E-state index contributed by atoms with van der Waals surface area (Å²) in [4.78, 5) is 20.7. The van der Waals surface area contributed by atoms with E-state index in [2.05, 4.69) is 19.9 Å². The molecule has 2 heterocycles. The lowest BCUT2D eigenvalue weighted by molar-refractivity contribution is 0.441. The molecular weight excluding hydrogens is 366 g/mol. The maximum atomic E-state index is 10.4. The van der Waals surface area contributed by atoms with E-state index < -0.39 is 0 Å². The topological polar surface area (TPSA) is 86.4 Å². The molecule has 162 valence electrons. The van der Waals surface area contributed by atoms with Gasteiger partial charge in [0.2, 0.25) is 10.9 Å². The van der Waals surface area contributed by atoms with Crippen molar-refractivity contribution in [3.63, 3.8) is 0 Å². The molecule has 5 heteroatoms. The Balaban J connectivity index is 0.000000401. The van der Waals surface area contributed by atoms with Crippen molar-refractivity contribution in [3.8, 4) is 0 Å². The smallest absolute Gasteiger partial charge is 0.229 e. The predicted octanol–water partition coefficient (Wildman–Crippen LogP) is 5.63. The summed E-state index contributed by atoms with van der Waals surface area (Å²) in [7, 11) is 0. The standard InChI is InChI=1S/C9H14O.C8H13NO.C6H6O2.CH4/c1-4-7(2)9-6-5-8(3)10-9;1-3-7(9)8-5-4-6(2)10-8;1-3-4(2)6(8)5(3)7;/h5-7H,4H2,1-3H3;4-5,7H,3,9H2,1-2H3;1-2H3;1H4/t2*7-;;/m11../s1. The molecule has 3 aromatic rings. The minimum absolute atomic E-state index is 0. The highest BCUT2D eigenvalue weighted by molar-refractivity contribution is 5.29. The number of hydrogen-bond donors (Lipinski definition) is 1. The van der Waals surface area contributed by atoms with E-state index in [9.17, 15) is 9.59 Å². The Morgan fingerprint density at radius 2 is 1.21 bits per heavy atom. The molecule has 2 N–H and O–H groups in total. The van der Waals surface area contributed by atoms with Gasteiger partial charge >= 0.3 is 0 Å². The molecule has 0 aliphatic rings. The van der Waals surface area contributed by atoms with Crippen LogP contribution in [-0.4, -0.2) is 0 Å². The van der Waals surface area contributed by atoms with Gasteiger partial charge in [-0.2, -0.15) is 0 Å². The first kappa shape index (κ1) is 26.6. The number of nitrogens with two attached hydrogens (primary N) is 1. The van der Waals surface area contributed by atoms with Crippen LogP contribution in [0.15, 0.2) is 42.7 Å². The van der Waals surface area contributed by atoms with Crippen LogP contribution >= 0.6 is 0 Å². The van der Waals surface area contributed by atoms with Crippen LogP contribution in [0.4, 0.5) is 0 Å². The van der Waals surface area contributed by atoms with E-state index in [0.717, 1.165) is 35.9 Å². The van der Waals surface area contributed by atoms with Crippen LogP contribution in [0, 0.1) is 27.7 Å². The predicted molar refractivity (Wildman–Crippen MR) is 120 cm³/mol. The third-order valence-corrected chi connectivity index (χ3v) is 4.88. The fraction of sp³-hybridized carbons (Fsp3) is 0.500. The van der Waals surface area contributed by atoms with Gasteiger partial charge in [-0.15, -0.1) is 0 Å². The van der Waals surface area contributed by atoms with E-state index in [1.165, 1.54) is 0 Å². The summed E-state index contributed by atoms with van der Waals surface area (Å²) in [5, 5.41) is 0. The fourth-order valence-electron chi connectivity index (χ4n) is 2.39. The zero-order valence-corrected chi connectivity index (χ0v) is 18.1. The molecule has 5 nitrogen and oxygen atoms in total. The molecule has 0 bridgehead atoms. The molecule has 3 rings (SSSR count). The lowest BCUT2D eigenvalue weighted by Gasteiger charge is -2.02. The van der Waals surface area contributed by atoms with Gasteiger partial charge in [0.05, 0.1) is 6.04 Å². The van der Waals surface area contributed by atoms with E-state index >= 15 is 0 Å². The van der Waals surface area contributed by atoms with E-state index in [-0.39, 0.29) is 24.3 Å². The second-order valence-electron chi connectivity index (χ2n) is 7.13. The summed E-state index contributed by atoms with van der Waals surface area (Å²) in [6.45, 7) is 13.6. The Kier molecular flexibility index (Phi) is 11.2. The largest absolute Gasteiger partial charge is 0.466 e. The maximum Gasteiger partial charge on any atom is 0.229 e. The molecule has 0 saturated heterocycles. The van der Waals surface area contributed by atoms with Gasteiger partial charge in [0.15, 0.2) is 0 Å². The summed E-state index contributed by atoms with van der Waals surface area (Å²) in [6.07, 6.45) is 2.07. The van der Waals surface area contributed by atoms with Crippen molar-refractivity contribution in [2.24, 2.45) is 5.73 Å². The molecule has 0 amide bonds. The molecule has 2 aromatic heterocycles. The average molecular weight is 404 g/mol. The van der Waals surface area contributed by atoms with Crippen LogP contribution in [0.5, 0.6) is 0 Å². The number of hydrogen-bond acceptors (Lipinski definition) is 5. The number of furan rings is 2. The van der Waals surface area contributed by atoms with Gasteiger partial charge in [-0.05, 0) is 64.8 Å². The molecule has 0 spiro atoms. The van der Waals surface area contributed by atoms with Crippen LogP contribution in [0.2, 0.25) is 0 Å². The van der Waals surface area contributed by atoms with Crippen molar-refractivity contribution in [1.82, 2.24) is 0 Å². The highest BCUT2D eigenvalue weighted by atomic mass is 16.3. The van der Waals surface area contributed by atoms with Gasteiger partial charge < -0.3 is 14.6 Å². The summed E-state index contributed by atoms with van der Waals surface area (Å²) in [6, 6.07) is 8.01.